The molecule has 1 saturated heterocycles. The molecule has 0 amide bonds. The van der Waals surface area contributed by atoms with E-state index in [-0.39, 0.29) is 17.5 Å². The zero-order chi connectivity index (χ0) is 12.4. The largest absolute Gasteiger partial charge is 0.377 e. The number of aromatic nitrogens is 2. The first kappa shape index (κ1) is 12.8. The predicted octanol–water partition coefficient (Wildman–Crippen LogP) is 1.63. The molecule has 0 spiro atoms. The fraction of sp³-hybridized carbons (Fsp3) is 0.600. The number of ether oxygens (including phenoxy) is 2. The molecular formula is C10H13Cl2N3O2. The van der Waals surface area contributed by atoms with Gasteiger partial charge < -0.3 is 14.4 Å². The van der Waals surface area contributed by atoms with Gasteiger partial charge in [-0.1, -0.05) is 11.6 Å². The van der Waals surface area contributed by atoms with Gasteiger partial charge in [0.05, 0.1) is 6.20 Å². The summed E-state index contributed by atoms with van der Waals surface area (Å²) in [6, 6.07) is 0. The van der Waals surface area contributed by atoms with E-state index in [0.717, 1.165) is 0 Å². The normalized spacial score (nSPS) is 24.4. The maximum Gasteiger partial charge on any atom is 0.224 e. The summed E-state index contributed by atoms with van der Waals surface area (Å²) < 4.78 is 10.7. The molecule has 5 nitrogen and oxygen atoms in total. The molecule has 17 heavy (non-hydrogen) atoms. The zero-order valence-electron chi connectivity index (χ0n) is 9.56. The number of rotatable bonds is 3. The van der Waals surface area contributed by atoms with Crippen molar-refractivity contribution in [3.05, 3.63) is 16.5 Å². The lowest BCUT2D eigenvalue weighted by Gasteiger charge is -2.17. The highest BCUT2D eigenvalue weighted by molar-refractivity contribution is 6.33. The van der Waals surface area contributed by atoms with E-state index in [0.29, 0.717) is 23.9 Å². The number of methoxy groups -OCH3 is 2. The van der Waals surface area contributed by atoms with E-state index < -0.39 is 0 Å². The molecule has 2 unspecified atom stereocenters. The molecule has 2 atom stereocenters. The van der Waals surface area contributed by atoms with E-state index in [2.05, 4.69) is 9.97 Å². The lowest BCUT2D eigenvalue weighted by molar-refractivity contribution is -0.00461. The summed E-state index contributed by atoms with van der Waals surface area (Å²) in [4.78, 5) is 9.94. The van der Waals surface area contributed by atoms with Crippen molar-refractivity contribution in [1.82, 2.24) is 9.97 Å². The molecule has 1 fully saturated rings. The smallest absolute Gasteiger partial charge is 0.224 e. The number of anilines is 1. The summed E-state index contributed by atoms with van der Waals surface area (Å²) in [6.07, 6.45) is 1.50. The van der Waals surface area contributed by atoms with Crippen molar-refractivity contribution in [2.24, 2.45) is 0 Å². The number of hydrogen-bond donors (Lipinski definition) is 0. The van der Waals surface area contributed by atoms with Crippen molar-refractivity contribution < 1.29 is 9.47 Å². The van der Waals surface area contributed by atoms with Crippen LogP contribution in [-0.4, -0.2) is 49.5 Å². The fourth-order valence-electron chi connectivity index (χ4n) is 1.93. The molecule has 2 heterocycles. The highest BCUT2D eigenvalue weighted by Gasteiger charge is 2.34. The van der Waals surface area contributed by atoms with Crippen molar-refractivity contribution in [1.29, 1.82) is 0 Å². The summed E-state index contributed by atoms with van der Waals surface area (Å²) in [5, 5.41) is 0.653. The Kier molecular flexibility index (Phi) is 4.04. The van der Waals surface area contributed by atoms with Gasteiger partial charge in [-0.15, -0.1) is 0 Å². The number of halogens is 2. The topological polar surface area (TPSA) is 47.5 Å². The summed E-state index contributed by atoms with van der Waals surface area (Å²) >= 11 is 11.8. The van der Waals surface area contributed by atoms with Gasteiger partial charge in [0.1, 0.15) is 17.2 Å². The van der Waals surface area contributed by atoms with Crippen LogP contribution in [0.3, 0.4) is 0 Å². The summed E-state index contributed by atoms with van der Waals surface area (Å²) in [7, 11) is 3.32. The van der Waals surface area contributed by atoms with Crippen molar-refractivity contribution in [2.75, 3.05) is 32.2 Å². The molecule has 0 radical (unpaired) electrons. The van der Waals surface area contributed by atoms with E-state index in [1.807, 2.05) is 4.90 Å². The summed E-state index contributed by atoms with van der Waals surface area (Å²) in [5.74, 6) is 0.619. The van der Waals surface area contributed by atoms with E-state index in [9.17, 15) is 0 Å². The minimum Gasteiger partial charge on any atom is -0.377 e. The van der Waals surface area contributed by atoms with Crippen LogP contribution in [0.1, 0.15) is 0 Å². The van der Waals surface area contributed by atoms with E-state index >= 15 is 0 Å². The molecule has 1 aliphatic heterocycles. The van der Waals surface area contributed by atoms with Gasteiger partial charge in [0.25, 0.3) is 0 Å². The Balaban J connectivity index is 2.21. The molecule has 0 aliphatic carbocycles. The Hall–Kier alpha value is -0.620. The molecule has 1 aromatic rings. The molecule has 94 valence electrons. The minimum absolute atomic E-state index is 0.00445. The van der Waals surface area contributed by atoms with Crippen LogP contribution in [-0.2, 0) is 9.47 Å². The van der Waals surface area contributed by atoms with Crippen molar-refractivity contribution in [3.8, 4) is 0 Å². The first-order valence-corrected chi connectivity index (χ1v) is 5.90. The molecular weight excluding hydrogens is 265 g/mol. The van der Waals surface area contributed by atoms with Gasteiger partial charge >= 0.3 is 0 Å². The molecule has 0 aromatic carbocycles. The van der Waals surface area contributed by atoms with E-state index in [1.54, 1.807) is 14.2 Å². The SMILES string of the molecule is COC1CN(c2nc(Cl)ncc2Cl)CC1OC. The summed E-state index contributed by atoms with van der Waals surface area (Å²) in [5.41, 5.74) is 0. The van der Waals surface area contributed by atoms with Crippen LogP contribution in [0.15, 0.2) is 6.20 Å². The average Bonchev–Trinajstić information content (AvgIpc) is 2.75. The second-order valence-corrected chi connectivity index (χ2v) is 4.51. The van der Waals surface area contributed by atoms with Crippen LogP contribution < -0.4 is 4.90 Å². The first-order valence-electron chi connectivity index (χ1n) is 5.14. The quantitative estimate of drug-likeness (QED) is 0.786. The van der Waals surface area contributed by atoms with Crippen LogP contribution >= 0.6 is 23.2 Å². The van der Waals surface area contributed by atoms with Gasteiger partial charge in [0.15, 0.2) is 5.82 Å². The van der Waals surface area contributed by atoms with Crippen LogP contribution in [0.2, 0.25) is 10.3 Å². The zero-order valence-corrected chi connectivity index (χ0v) is 11.1. The van der Waals surface area contributed by atoms with Crippen LogP contribution in [0, 0.1) is 0 Å². The lowest BCUT2D eigenvalue weighted by Crippen LogP contribution is -2.27. The monoisotopic (exact) mass is 277 g/mol. The third-order valence-corrected chi connectivity index (χ3v) is 3.27. The highest BCUT2D eigenvalue weighted by Crippen LogP contribution is 2.28. The Morgan fingerprint density at radius 3 is 2.35 bits per heavy atom. The van der Waals surface area contributed by atoms with Gasteiger partial charge in [-0.25, -0.2) is 4.98 Å². The standard InChI is InChI=1S/C10H13Cl2N3O2/c1-16-7-4-15(5-8(7)17-2)9-6(11)3-13-10(12)14-9/h3,7-8H,4-5H2,1-2H3. The van der Waals surface area contributed by atoms with Gasteiger partial charge in [-0.05, 0) is 11.6 Å². The molecule has 0 bridgehead atoms. The minimum atomic E-state index is 0.00445. The van der Waals surface area contributed by atoms with Gasteiger partial charge in [-0.3, -0.25) is 0 Å². The van der Waals surface area contributed by atoms with Gasteiger partial charge in [0.2, 0.25) is 5.28 Å². The first-order chi connectivity index (χ1) is 8.15. The van der Waals surface area contributed by atoms with E-state index in [1.165, 1.54) is 6.20 Å². The third kappa shape index (κ3) is 2.63. The highest BCUT2D eigenvalue weighted by atomic mass is 35.5. The van der Waals surface area contributed by atoms with Crippen LogP contribution in [0.5, 0.6) is 0 Å². The van der Waals surface area contributed by atoms with Crippen molar-refractivity contribution in [2.45, 2.75) is 12.2 Å². The van der Waals surface area contributed by atoms with Crippen LogP contribution in [0.4, 0.5) is 5.82 Å². The van der Waals surface area contributed by atoms with Gasteiger partial charge in [0, 0.05) is 27.3 Å². The number of nitrogens with zero attached hydrogens (tertiary/aromatic N) is 3. The molecule has 1 aromatic heterocycles. The Morgan fingerprint density at radius 2 is 1.82 bits per heavy atom. The predicted molar refractivity (Wildman–Crippen MR) is 65.9 cm³/mol. The lowest BCUT2D eigenvalue weighted by atomic mass is 10.3. The van der Waals surface area contributed by atoms with Crippen LogP contribution in [0.25, 0.3) is 0 Å². The molecule has 0 N–H and O–H groups in total. The Bertz CT molecular complexity index is 393. The molecule has 2 rings (SSSR count). The fourth-order valence-corrected chi connectivity index (χ4v) is 2.27. The Morgan fingerprint density at radius 1 is 1.24 bits per heavy atom. The molecule has 1 aliphatic rings. The van der Waals surface area contributed by atoms with Crippen molar-refractivity contribution >= 4 is 29.0 Å². The van der Waals surface area contributed by atoms with Crippen molar-refractivity contribution in [3.63, 3.8) is 0 Å². The second kappa shape index (κ2) is 5.35. The maximum absolute atomic E-state index is 6.05. The summed E-state index contributed by atoms with van der Waals surface area (Å²) in [6.45, 7) is 1.34. The van der Waals surface area contributed by atoms with Gasteiger partial charge in [-0.2, -0.15) is 4.98 Å². The molecule has 7 heteroatoms. The maximum atomic E-state index is 6.05. The second-order valence-electron chi connectivity index (χ2n) is 3.76. The van der Waals surface area contributed by atoms with E-state index in [4.69, 9.17) is 32.7 Å². The third-order valence-electron chi connectivity index (χ3n) is 2.82. The molecule has 0 saturated carbocycles. The number of hydrogen-bond acceptors (Lipinski definition) is 5. The Labute approximate surface area is 110 Å². The average molecular weight is 278 g/mol.